The Labute approximate surface area is 131 Å². The van der Waals surface area contributed by atoms with Crippen molar-refractivity contribution in [1.82, 2.24) is 0 Å². The zero-order valence-corrected chi connectivity index (χ0v) is 14.0. The van der Waals surface area contributed by atoms with E-state index in [4.69, 9.17) is 4.74 Å². The van der Waals surface area contributed by atoms with Crippen LogP contribution in [0, 0.1) is 5.92 Å². The first-order valence-corrected chi connectivity index (χ1v) is 8.95. The first kappa shape index (κ1) is 15.6. The van der Waals surface area contributed by atoms with E-state index >= 15 is 0 Å². The summed E-state index contributed by atoms with van der Waals surface area (Å²) in [6, 6.07) is 8.45. The molecule has 0 aromatic heterocycles. The van der Waals surface area contributed by atoms with E-state index in [0.717, 1.165) is 30.0 Å². The highest BCUT2D eigenvalue weighted by Crippen LogP contribution is 2.32. The van der Waals surface area contributed by atoms with Gasteiger partial charge >= 0.3 is 0 Å². The van der Waals surface area contributed by atoms with E-state index in [0.29, 0.717) is 0 Å². The Balaban J connectivity index is 2.09. The lowest BCUT2D eigenvalue weighted by molar-refractivity contribution is 0.317. The molecule has 1 fully saturated rings. The Kier molecular flexibility index (Phi) is 6.65. The van der Waals surface area contributed by atoms with Crippen LogP contribution in [0.4, 0.5) is 0 Å². The maximum atomic E-state index is 5.72. The zero-order chi connectivity index (χ0) is 14.2. The van der Waals surface area contributed by atoms with Crippen LogP contribution >= 0.6 is 15.9 Å². The molecular weight excluding hydrogens is 312 g/mol. The quantitative estimate of drug-likeness (QED) is 0.593. The Morgan fingerprint density at radius 3 is 2.80 bits per heavy atom. The van der Waals surface area contributed by atoms with Crippen molar-refractivity contribution in [3.8, 4) is 5.75 Å². The normalized spacial score (nSPS) is 17.2. The zero-order valence-electron chi connectivity index (χ0n) is 12.4. The van der Waals surface area contributed by atoms with Crippen LogP contribution in [0.2, 0.25) is 0 Å². The highest BCUT2D eigenvalue weighted by Gasteiger charge is 2.16. The van der Waals surface area contributed by atoms with Crippen LogP contribution < -0.4 is 4.74 Å². The van der Waals surface area contributed by atoms with Crippen LogP contribution in [-0.4, -0.2) is 11.9 Å². The molecule has 1 aliphatic rings. The van der Waals surface area contributed by atoms with Crippen molar-refractivity contribution in [2.75, 3.05) is 11.9 Å². The van der Waals surface area contributed by atoms with Gasteiger partial charge in [0.2, 0.25) is 0 Å². The molecule has 0 aliphatic heterocycles. The molecule has 0 bridgehead atoms. The highest BCUT2D eigenvalue weighted by atomic mass is 79.9. The molecule has 0 radical (unpaired) electrons. The molecule has 2 rings (SSSR count). The molecule has 0 saturated heterocycles. The van der Waals surface area contributed by atoms with E-state index in [2.05, 4.69) is 47.1 Å². The van der Waals surface area contributed by atoms with Crippen molar-refractivity contribution in [2.45, 2.75) is 45.4 Å². The molecule has 0 spiro atoms. The number of rotatable bonds is 6. The Morgan fingerprint density at radius 1 is 1.30 bits per heavy atom. The fourth-order valence-electron chi connectivity index (χ4n) is 2.87. The molecule has 20 heavy (non-hydrogen) atoms. The summed E-state index contributed by atoms with van der Waals surface area (Å²) < 4.78 is 5.72. The monoisotopic (exact) mass is 336 g/mol. The lowest BCUT2D eigenvalue weighted by Gasteiger charge is -2.23. The van der Waals surface area contributed by atoms with Gasteiger partial charge in [-0.3, -0.25) is 0 Å². The summed E-state index contributed by atoms with van der Waals surface area (Å²) in [5.74, 6) is 1.75. The molecule has 0 unspecified atom stereocenters. The van der Waals surface area contributed by atoms with Gasteiger partial charge < -0.3 is 4.74 Å². The predicted molar refractivity (Wildman–Crippen MR) is 90.6 cm³/mol. The smallest absolute Gasteiger partial charge is 0.119 e. The van der Waals surface area contributed by atoms with E-state index in [-0.39, 0.29) is 0 Å². The van der Waals surface area contributed by atoms with Gasteiger partial charge in [0.05, 0.1) is 6.61 Å². The molecular formula is C18H25BrO. The molecule has 1 aromatic carbocycles. The Bertz CT molecular complexity index is 433. The third-order valence-corrected chi connectivity index (χ3v) is 4.61. The minimum absolute atomic E-state index is 0.767. The first-order valence-electron chi connectivity index (χ1n) is 7.82. The van der Waals surface area contributed by atoms with Gasteiger partial charge in [-0.2, -0.15) is 0 Å². The number of halogens is 1. The van der Waals surface area contributed by atoms with Gasteiger partial charge in [-0.1, -0.05) is 65.9 Å². The van der Waals surface area contributed by atoms with Gasteiger partial charge in [0.15, 0.2) is 0 Å². The summed E-state index contributed by atoms with van der Waals surface area (Å²) in [6.07, 6.45) is 10.3. The molecule has 2 heteroatoms. The van der Waals surface area contributed by atoms with Crippen LogP contribution in [-0.2, 0) is 0 Å². The average molecular weight is 337 g/mol. The molecule has 1 aliphatic carbocycles. The second-order valence-electron chi connectivity index (χ2n) is 5.61. The second-order valence-corrected chi connectivity index (χ2v) is 6.17. The van der Waals surface area contributed by atoms with Crippen LogP contribution in [0.15, 0.2) is 29.8 Å². The van der Waals surface area contributed by atoms with Gasteiger partial charge in [-0.25, -0.2) is 0 Å². The molecule has 1 nitrogen and oxygen atoms in total. The van der Waals surface area contributed by atoms with Crippen molar-refractivity contribution in [3.63, 3.8) is 0 Å². The van der Waals surface area contributed by atoms with Crippen LogP contribution in [0.25, 0.3) is 6.08 Å². The number of hydrogen-bond acceptors (Lipinski definition) is 1. The third-order valence-electron chi connectivity index (χ3n) is 3.97. The fraction of sp³-hybridized carbons (Fsp3) is 0.556. The van der Waals surface area contributed by atoms with E-state index in [1.54, 1.807) is 0 Å². The first-order chi connectivity index (χ1) is 9.83. The number of hydrogen-bond donors (Lipinski definition) is 0. The lowest BCUT2D eigenvalue weighted by Crippen LogP contribution is -2.10. The predicted octanol–water partition coefficient (Wildman–Crippen LogP) is 5.83. The summed E-state index contributed by atoms with van der Waals surface area (Å²) in [5, 5.41) is 0.984. The molecule has 0 N–H and O–H groups in total. The standard InChI is InChI=1S/C18H25BrO/c1-2-11-20-18-10-6-7-15(13-18)12-17(14-19)16-8-4-3-5-9-16/h6-7,10,12-13,16H,2-5,8-9,11,14H2,1H3/b17-12-. The number of ether oxygens (including phenoxy) is 1. The van der Waals surface area contributed by atoms with Crippen molar-refractivity contribution in [1.29, 1.82) is 0 Å². The second kappa shape index (κ2) is 8.51. The average Bonchev–Trinajstić information content (AvgIpc) is 2.52. The van der Waals surface area contributed by atoms with Crippen LogP contribution in [0.5, 0.6) is 5.75 Å². The summed E-state index contributed by atoms with van der Waals surface area (Å²) in [7, 11) is 0. The minimum Gasteiger partial charge on any atom is -0.494 e. The van der Waals surface area contributed by atoms with Crippen molar-refractivity contribution in [2.24, 2.45) is 5.92 Å². The van der Waals surface area contributed by atoms with Gasteiger partial charge in [0.25, 0.3) is 0 Å². The van der Waals surface area contributed by atoms with E-state index in [1.807, 2.05) is 6.07 Å². The van der Waals surface area contributed by atoms with Crippen LogP contribution in [0.3, 0.4) is 0 Å². The summed E-state index contributed by atoms with van der Waals surface area (Å²) in [4.78, 5) is 0. The van der Waals surface area contributed by atoms with E-state index < -0.39 is 0 Å². The van der Waals surface area contributed by atoms with Crippen molar-refractivity contribution in [3.05, 3.63) is 35.4 Å². The summed E-state index contributed by atoms with van der Waals surface area (Å²) >= 11 is 3.67. The van der Waals surface area contributed by atoms with E-state index in [9.17, 15) is 0 Å². The van der Waals surface area contributed by atoms with Crippen molar-refractivity contribution < 1.29 is 4.74 Å². The summed E-state index contributed by atoms with van der Waals surface area (Å²) in [5.41, 5.74) is 2.80. The van der Waals surface area contributed by atoms with Crippen molar-refractivity contribution >= 4 is 22.0 Å². The lowest BCUT2D eigenvalue weighted by atomic mass is 9.84. The third kappa shape index (κ3) is 4.66. The fourth-order valence-corrected chi connectivity index (χ4v) is 3.49. The van der Waals surface area contributed by atoms with E-state index in [1.165, 1.54) is 43.2 Å². The maximum absolute atomic E-state index is 5.72. The Hall–Kier alpha value is -0.760. The summed E-state index contributed by atoms with van der Waals surface area (Å²) in [6.45, 7) is 2.93. The molecule has 0 amide bonds. The SMILES string of the molecule is CCCOc1cccc(/C=C(/CBr)C2CCCCC2)c1. The number of benzene rings is 1. The molecule has 1 aromatic rings. The number of allylic oxidation sites excluding steroid dienone is 1. The topological polar surface area (TPSA) is 9.23 Å². The van der Waals surface area contributed by atoms with Gasteiger partial charge in [0, 0.05) is 5.33 Å². The molecule has 1 saturated carbocycles. The Morgan fingerprint density at radius 2 is 2.10 bits per heavy atom. The maximum Gasteiger partial charge on any atom is 0.119 e. The molecule has 0 heterocycles. The van der Waals surface area contributed by atoms with Crippen LogP contribution in [0.1, 0.15) is 51.0 Å². The van der Waals surface area contributed by atoms with Gasteiger partial charge in [0.1, 0.15) is 5.75 Å². The minimum atomic E-state index is 0.767. The number of alkyl halides is 1. The highest BCUT2D eigenvalue weighted by molar-refractivity contribution is 9.09. The van der Waals surface area contributed by atoms with Gasteiger partial charge in [-0.15, -0.1) is 0 Å². The molecule has 110 valence electrons. The largest absolute Gasteiger partial charge is 0.494 e. The molecule has 0 atom stereocenters. The van der Waals surface area contributed by atoms with Gasteiger partial charge in [-0.05, 0) is 42.9 Å².